The van der Waals surface area contributed by atoms with Crippen LogP contribution in [0.4, 0.5) is 0 Å². The molecule has 2 rings (SSSR count). The lowest BCUT2D eigenvalue weighted by atomic mass is 9.75. The molecule has 0 bridgehead atoms. The third kappa shape index (κ3) is 3.03. The molecule has 1 aliphatic carbocycles. The number of hydrogen-bond donors (Lipinski definition) is 1. The molecule has 1 saturated carbocycles. The lowest BCUT2D eigenvalue weighted by molar-refractivity contribution is -0.142. The number of ether oxygens (including phenoxy) is 1. The lowest BCUT2D eigenvalue weighted by Gasteiger charge is -2.40. The van der Waals surface area contributed by atoms with E-state index >= 15 is 0 Å². The summed E-state index contributed by atoms with van der Waals surface area (Å²) in [5.74, 6) is 0.0205. The van der Waals surface area contributed by atoms with Gasteiger partial charge in [-0.2, -0.15) is 0 Å². The average Bonchev–Trinajstić information content (AvgIpc) is 2.68. The molecule has 110 valence electrons. The zero-order chi connectivity index (χ0) is 14.4. The van der Waals surface area contributed by atoms with Crippen LogP contribution >= 0.6 is 0 Å². The van der Waals surface area contributed by atoms with Gasteiger partial charge in [-0.3, -0.25) is 4.79 Å². The van der Waals surface area contributed by atoms with Crippen molar-refractivity contribution in [3.05, 3.63) is 0 Å². The summed E-state index contributed by atoms with van der Waals surface area (Å²) in [7, 11) is -1.20. The summed E-state index contributed by atoms with van der Waals surface area (Å²) in [5.41, 5.74) is -0.0382. The highest BCUT2D eigenvalue weighted by molar-refractivity contribution is 6.48. The summed E-state index contributed by atoms with van der Waals surface area (Å²) in [6.45, 7) is 10.7. The summed E-state index contributed by atoms with van der Waals surface area (Å²) < 4.78 is 11.5. The minimum absolute atomic E-state index is 0.00123. The highest BCUT2D eigenvalue weighted by Gasteiger charge is 2.54. The summed E-state index contributed by atoms with van der Waals surface area (Å²) in [6.07, 6.45) is 0.479. The fourth-order valence-corrected chi connectivity index (χ4v) is 4.68. The molecule has 4 nitrogen and oxygen atoms in total. The molecule has 0 amide bonds. The van der Waals surface area contributed by atoms with E-state index in [1.54, 1.807) is 0 Å². The van der Waals surface area contributed by atoms with E-state index in [0.717, 1.165) is 0 Å². The van der Waals surface area contributed by atoms with Gasteiger partial charge >= 0.3 is 5.97 Å². The van der Waals surface area contributed by atoms with E-state index in [1.165, 1.54) is 0 Å². The highest BCUT2D eigenvalue weighted by Crippen LogP contribution is 2.47. The van der Waals surface area contributed by atoms with E-state index < -0.39 is 15.1 Å². The lowest BCUT2D eigenvalue weighted by Crippen LogP contribution is -2.45. The van der Waals surface area contributed by atoms with Gasteiger partial charge in [-0.1, -0.05) is 20.8 Å². The number of aliphatic hydroxyl groups is 1. The molecule has 0 aromatic heterocycles. The van der Waals surface area contributed by atoms with Crippen molar-refractivity contribution in [3.8, 4) is 0 Å². The van der Waals surface area contributed by atoms with Crippen LogP contribution in [0, 0.1) is 17.3 Å². The Labute approximate surface area is 117 Å². The average molecular weight is 286 g/mol. The number of esters is 1. The zero-order valence-corrected chi connectivity index (χ0v) is 13.7. The van der Waals surface area contributed by atoms with Gasteiger partial charge < -0.3 is 14.3 Å². The van der Waals surface area contributed by atoms with Crippen LogP contribution in [0.2, 0.25) is 13.1 Å². The van der Waals surface area contributed by atoms with Crippen molar-refractivity contribution in [1.29, 1.82) is 0 Å². The van der Waals surface area contributed by atoms with Gasteiger partial charge in [0.15, 0.2) is 9.04 Å². The second kappa shape index (κ2) is 5.18. The van der Waals surface area contributed by atoms with Crippen LogP contribution in [0.15, 0.2) is 0 Å². The molecule has 1 heterocycles. The monoisotopic (exact) mass is 286 g/mol. The molecule has 0 radical (unpaired) electrons. The molecule has 0 aromatic carbocycles. The number of rotatable bonds is 3. The summed E-state index contributed by atoms with van der Waals surface area (Å²) in [5, 5.41) is 10.4. The van der Waals surface area contributed by atoms with Gasteiger partial charge in [0.1, 0.15) is 6.10 Å². The fraction of sp³-hybridized carbons (Fsp3) is 0.929. The number of hydrogen-bond acceptors (Lipinski definition) is 4. The second-order valence-corrected chi connectivity index (χ2v) is 9.62. The smallest absolute Gasteiger partial charge is 0.306 e. The molecule has 2 aliphatic rings. The van der Waals surface area contributed by atoms with Crippen LogP contribution in [0.1, 0.15) is 33.6 Å². The summed E-state index contributed by atoms with van der Waals surface area (Å²) in [6, 6.07) is 0. The molecule has 0 spiro atoms. The van der Waals surface area contributed by atoms with Crippen molar-refractivity contribution in [2.75, 3.05) is 0 Å². The third-order valence-electron chi connectivity index (χ3n) is 4.20. The molecule has 1 unspecified atom stereocenters. The first-order chi connectivity index (χ1) is 8.70. The molecule has 2 fully saturated rings. The van der Waals surface area contributed by atoms with Crippen LogP contribution in [0.25, 0.3) is 0 Å². The molecule has 1 aliphatic heterocycles. The van der Waals surface area contributed by atoms with Gasteiger partial charge in [0.25, 0.3) is 0 Å². The van der Waals surface area contributed by atoms with Crippen molar-refractivity contribution in [2.24, 2.45) is 17.3 Å². The maximum absolute atomic E-state index is 11.5. The summed E-state index contributed by atoms with van der Waals surface area (Å²) in [4.78, 5) is 11.5. The van der Waals surface area contributed by atoms with Crippen LogP contribution in [-0.2, 0) is 14.0 Å². The van der Waals surface area contributed by atoms with Crippen molar-refractivity contribution < 1.29 is 19.1 Å². The standard InChI is InChI=1S/C14H26O4Si/c1-14(2,3)13(18-19(4)5)12-8-6-11(16)17-10(8)7-9(12)15/h8-10,12-13,15,19H,6-7H2,1-5H3/t8-,9+,10-,12+,13?/m0/s1. The number of fused-ring (bicyclic) bond motifs is 1. The maximum Gasteiger partial charge on any atom is 0.306 e. The minimum atomic E-state index is -1.20. The van der Waals surface area contributed by atoms with E-state index in [1.807, 2.05) is 0 Å². The van der Waals surface area contributed by atoms with Gasteiger partial charge in [-0.25, -0.2) is 0 Å². The molecule has 19 heavy (non-hydrogen) atoms. The van der Waals surface area contributed by atoms with E-state index in [4.69, 9.17) is 9.16 Å². The number of aliphatic hydroxyl groups excluding tert-OH is 1. The van der Waals surface area contributed by atoms with Crippen LogP contribution in [0.5, 0.6) is 0 Å². The van der Waals surface area contributed by atoms with Crippen LogP contribution in [0.3, 0.4) is 0 Å². The normalized spacial score (nSPS) is 36.5. The van der Waals surface area contributed by atoms with E-state index in [2.05, 4.69) is 33.9 Å². The SMILES string of the molecule is C[SiH](C)OC([C@@H]1[C@H]2CC(=O)O[C@H]2C[C@H]1O)C(C)(C)C. The molecular weight excluding hydrogens is 260 g/mol. The Hall–Kier alpha value is -0.393. The van der Waals surface area contributed by atoms with Crippen molar-refractivity contribution in [2.45, 2.75) is 65.0 Å². The van der Waals surface area contributed by atoms with Gasteiger partial charge in [0.05, 0.1) is 18.6 Å². The first-order valence-corrected chi connectivity index (χ1v) is 10.0. The molecule has 1 saturated heterocycles. The predicted octanol–water partition coefficient (Wildman–Crippen LogP) is 1.71. The molecular formula is C14H26O4Si. The van der Waals surface area contributed by atoms with Crippen LogP contribution < -0.4 is 0 Å². The minimum Gasteiger partial charge on any atom is -0.462 e. The topological polar surface area (TPSA) is 55.8 Å². The number of carbonyl (C=O) groups excluding carboxylic acids is 1. The largest absolute Gasteiger partial charge is 0.462 e. The van der Waals surface area contributed by atoms with Crippen LogP contribution in [-0.4, -0.2) is 38.4 Å². The zero-order valence-electron chi connectivity index (χ0n) is 12.6. The first kappa shape index (κ1) is 15.0. The summed E-state index contributed by atoms with van der Waals surface area (Å²) >= 11 is 0. The predicted molar refractivity (Wildman–Crippen MR) is 75.3 cm³/mol. The molecule has 5 heteroatoms. The highest BCUT2D eigenvalue weighted by atomic mass is 28.3. The Morgan fingerprint density at radius 1 is 1.42 bits per heavy atom. The van der Waals surface area contributed by atoms with Crippen molar-refractivity contribution >= 4 is 15.0 Å². The quantitative estimate of drug-likeness (QED) is 0.634. The van der Waals surface area contributed by atoms with E-state index in [0.29, 0.717) is 12.8 Å². The van der Waals surface area contributed by atoms with Gasteiger partial charge in [-0.05, 0) is 18.5 Å². The van der Waals surface area contributed by atoms with Crippen molar-refractivity contribution in [1.82, 2.24) is 0 Å². The molecule has 5 atom stereocenters. The Balaban J connectivity index is 2.22. The Bertz CT molecular complexity index is 350. The Morgan fingerprint density at radius 2 is 2.05 bits per heavy atom. The number of carbonyl (C=O) groups is 1. The second-order valence-electron chi connectivity index (χ2n) is 7.25. The van der Waals surface area contributed by atoms with Gasteiger partial charge in [0.2, 0.25) is 0 Å². The Morgan fingerprint density at radius 3 is 2.58 bits per heavy atom. The van der Waals surface area contributed by atoms with Crippen molar-refractivity contribution in [3.63, 3.8) is 0 Å². The molecule has 1 N–H and O–H groups in total. The maximum atomic E-state index is 11.5. The van der Waals surface area contributed by atoms with E-state index in [9.17, 15) is 9.90 Å². The van der Waals surface area contributed by atoms with Gasteiger partial charge in [0, 0.05) is 18.3 Å². The molecule has 0 aromatic rings. The first-order valence-electron chi connectivity index (χ1n) is 7.23. The van der Waals surface area contributed by atoms with Gasteiger partial charge in [-0.15, -0.1) is 0 Å². The third-order valence-corrected chi connectivity index (χ3v) is 5.03. The Kier molecular flexibility index (Phi) is 4.09. The fourth-order valence-electron chi connectivity index (χ4n) is 3.51. The van der Waals surface area contributed by atoms with E-state index in [-0.39, 0.29) is 35.4 Å².